The molecule has 10 atom stereocenters. The summed E-state index contributed by atoms with van der Waals surface area (Å²) in [6, 6.07) is 0. The van der Waals surface area contributed by atoms with E-state index in [2.05, 4.69) is 0 Å². The van der Waals surface area contributed by atoms with E-state index in [-0.39, 0.29) is 65.7 Å². The minimum Gasteiger partial charge on any atom is -0.759 e. The first-order valence-corrected chi connectivity index (χ1v) is 8.93. The number of aliphatic hydroxyl groups is 7. The van der Waals surface area contributed by atoms with Crippen molar-refractivity contribution in [2.75, 3.05) is 6.61 Å². The quantitative estimate of drug-likeness (QED) is 0.115. The van der Waals surface area contributed by atoms with Gasteiger partial charge in [0, 0.05) is 10.4 Å². The molecule has 0 aliphatic carbocycles. The van der Waals surface area contributed by atoms with Crippen molar-refractivity contribution < 1.29 is 127 Å². The fourth-order valence-corrected chi connectivity index (χ4v) is 2.41. The SMILES string of the molecule is C[C@@H]1O[C@@H](OC[C@H]2O[C@@H](O)[C@H](O)[C@@H](O)[C@@H]2O)[C@H](O)[C@H](O)[C@H]1O.O=S(=O)([O-])[O-].[Na+].[Na+]. The molecule has 0 bridgehead atoms. The molecule has 0 unspecified atom stereocenters. The van der Waals surface area contributed by atoms with Gasteiger partial charge in [0.1, 0.15) is 42.7 Å². The second-order valence-electron chi connectivity index (χ2n) is 5.96. The van der Waals surface area contributed by atoms with Gasteiger partial charge in [-0.15, -0.1) is 0 Å². The second kappa shape index (κ2) is 13.9. The number of aliphatic hydroxyl groups excluding tert-OH is 7. The van der Waals surface area contributed by atoms with Crippen molar-refractivity contribution in [3.05, 3.63) is 0 Å². The van der Waals surface area contributed by atoms with Crippen molar-refractivity contribution in [2.24, 2.45) is 0 Å². The van der Waals surface area contributed by atoms with E-state index in [9.17, 15) is 35.7 Å². The molecule has 2 fully saturated rings. The maximum Gasteiger partial charge on any atom is 1.00 e. The summed E-state index contributed by atoms with van der Waals surface area (Å²) in [6.45, 7) is 1.09. The number of hydrogen-bond acceptors (Lipinski definition) is 14. The van der Waals surface area contributed by atoms with Crippen LogP contribution in [0.5, 0.6) is 0 Å². The molecule has 14 nitrogen and oxygen atoms in total. The van der Waals surface area contributed by atoms with Crippen molar-refractivity contribution in [3.63, 3.8) is 0 Å². The summed E-state index contributed by atoms with van der Waals surface area (Å²) in [6.07, 6.45) is -14.0. The van der Waals surface area contributed by atoms with Crippen LogP contribution in [0.15, 0.2) is 0 Å². The summed E-state index contributed by atoms with van der Waals surface area (Å²) in [7, 11) is -5.17. The predicted octanol–water partition coefficient (Wildman–Crippen LogP) is -11.7. The largest absolute Gasteiger partial charge is 1.00 e. The number of rotatable bonds is 3. The summed E-state index contributed by atoms with van der Waals surface area (Å²) < 4.78 is 49.4. The predicted molar refractivity (Wildman–Crippen MR) is 77.7 cm³/mol. The fraction of sp³-hybridized carbons (Fsp3) is 1.00. The van der Waals surface area contributed by atoms with Gasteiger partial charge >= 0.3 is 59.1 Å². The van der Waals surface area contributed by atoms with Crippen LogP contribution >= 0.6 is 0 Å². The Kier molecular flexibility index (Phi) is 15.6. The molecule has 0 saturated carbocycles. The van der Waals surface area contributed by atoms with Crippen LogP contribution in [0.2, 0.25) is 0 Å². The first-order valence-electron chi connectivity index (χ1n) is 7.59. The Morgan fingerprint density at radius 3 is 1.72 bits per heavy atom. The molecular formula is C12H22Na2O14S. The Morgan fingerprint density at radius 1 is 0.793 bits per heavy atom. The molecule has 2 saturated heterocycles. The van der Waals surface area contributed by atoms with E-state index in [4.69, 9.17) is 31.7 Å². The topological polar surface area (TPSA) is 250 Å². The molecule has 2 aliphatic rings. The van der Waals surface area contributed by atoms with Gasteiger partial charge in [0.05, 0.1) is 12.7 Å². The van der Waals surface area contributed by atoms with Crippen LogP contribution in [0.4, 0.5) is 0 Å². The van der Waals surface area contributed by atoms with Crippen LogP contribution in [-0.4, -0.2) is 121 Å². The molecule has 0 aromatic heterocycles. The minimum absolute atomic E-state index is 0. The Labute approximate surface area is 210 Å². The monoisotopic (exact) mass is 468 g/mol. The van der Waals surface area contributed by atoms with Gasteiger partial charge < -0.3 is 59.1 Å². The van der Waals surface area contributed by atoms with Crippen molar-refractivity contribution in [3.8, 4) is 0 Å². The average molecular weight is 468 g/mol. The molecule has 0 aromatic rings. The first kappa shape index (κ1) is 32.6. The van der Waals surface area contributed by atoms with Gasteiger partial charge in [0.15, 0.2) is 12.6 Å². The van der Waals surface area contributed by atoms with Gasteiger partial charge in [-0.1, -0.05) is 0 Å². The summed E-state index contributed by atoms with van der Waals surface area (Å²) in [5, 5.41) is 67.0. The number of hydrogen-bond donors (Lipinski definition) is 7. The maximum absolute atomic E-state index is 9.76. The molecule has 0 spiro atoms. The van der Waals surface area contributed by atoms with Gasteiger partial charge in [0.2, 0.25) is 0 Å². The first-order chi connectivity index (χ1) is 12.2. The van der Waals surface area contributed by atoms with E-state index in [0.29, 0.717) is 0 Å². The van der Waals surface area contributed by atoms with Crippen molar-refractivity contribution in [2.45, 2.75) is 68.3 Å². The number of ether oxygens (including phenoxy) is 3. The molecule has 17 heteroatoms. The van der Waals surface area contributed by atoms with Crippen LogP contribution in [0.25, 0.3) is 0 Å². The Balaban J connectivity index is 0. The Morgan fingerprint density at radius 2 is 1.24 bits per heavy atom. The van der Waals surface area contributed by atoms with E-state index in [1.165, 1.54) is 6.92 Å². The van der Waals surface area contributed by atoms with Crippen molar-refractivity contribution in [1.29, 1.82) is 0 Å². The minimum atomic E-state index is -5.17. The van der Waals surface area contributed by atoms with Gasteiger partial charge in [-0.25, -0.2) is 0 Å². The molecule has 7 N–H and O–H groups in total. The molecule has 29 heavy (non-hydrogen) atoms. The molecular weight excluding hydrogens is 446 g/mol. The zero-order chi connectivity index (χ0) is 21.1. The van der Waals surface area contributed by atoms with Crippen LogP contribution in [-0.2, 0) is 24.6 Å². The van der Waals surface area contributed by atoms with E-state index in [0.717, 1.165) is 0 Å². The summed E-state index contributed by atoms with van der Waals surface area (Å²) >= 11 is 0. The van der Waals surface area contributed by atoms with E-state index >= 15 is 0 Å². The maximum atomic E-state index is 9.76. The summed E-state index contributed by atoms with van der Waals surface area (Å²) in [5.74, 6) is 0. The van der Waals surface area contributed by atoms with Gasteiger partial charge in [0.25, 0.3) is 0 Å². The van der Waals surface area contributed by atoms with E-state index < -0.39 is 71.8 Å². The van der Waals surface area contributed by atoms with Crippen LogP contribution in [0.1, 0.15) is 6.92 Å². The summed E-state index contributed by atoms with van der Waals surface area (Å²) in [5.41, 5.74) is 0. The third-order valence-corrected chi connectivity index (χ3v) is 3.92. The van der Waals surface area contributed by atoms with Crippen LogP contribution in [0, 0.1) is 0 Å². The average Bonchev–Trinajstić information content (AvgIpc) is 2.55. The zero-order valence-corrected chi connectivity index (χ0v) is 20.7. The van der Waals surface area contributed by atoms with Crippen LogP contribution in [0.3, 0.4) is 0 Å². The molecule has 2 aliphatic heterocycles. The summed E-state index contributed by atoms with van der Waals surface area (Å²) in [4.78, 5) is 0. The third kappa shape index (κ3) is 10.3. The smallest absolute Gasteiger partial charge is 0.759 e. The van der Waals surface area contributed by atoms with E-state index in [1.807, 2.05) is 0 Å². The van der Waals surface area contributed by atoms with Gasteiger partial charge in [-0.05, 0) is 6.92 Å². The molecule has 162 valence electrons. The van der Waals surface area contributed by atoms with Crippen molar-refractivity contribution in [1.82, 2.24) is 0 Å². The normalized spacial score (nSPS) is 42.6. The standard InChI is InChI=1S/C12H22O10.2Na.H2O4S/c1-3-5(13)7(15)10(18)12(21-3)20-2-4-6(14)8(16)9(17)11(19)22-4;;;1-5(2,3)4/h3-19H,2H2,1H3;;;(H2,1,2,3,4)/q;2*+1;/p-2/t3-,4+,5-,6+,7+,8-,9+,10+,11+,12+;;;/m0.../s1. The van der Waals surface area contributed by atoms with Crippen molar-refractivity contribution >= 4 is 10.4 Å². The molecule has 0 radical (unpaired) electrons. The third-order valence-electron chi connectivity index (χ3n) is 3.92. The van der Waals surface area contributed by atoms with Gasteiger partial charge in [-0.2, -0.15) is 0 Å². The molecule has 2 rings (SSSR count). The van der Waals surface area contributed by atoms with Gasteiger partial charge in [-0.3, -0.25) is 8.42 Å². The van der Waals surface area contributed by atoms with E-state index in [1.54, 1.807) is 0 Å². The molecule has 2 heterocycles. The fourth-order valence-electron chi connectivity index (χ4n) is 2.41. The Bertz CT molecular complexity index is 525. The Hall–Kier alpha value is 1.47. The molecule has 0 aromatic carbocycles. The second-order valence-corrected chi connectivity index (χ2v) is 6.78. The zero-order valence-electron chi connectivity index (χ0n) is 15.9. The molecule has 0 amide bonds. The van der Waals surface area contributed by atoms with Crippen LogP contribution < -0.4 is 59.1 Å².